The minimum absolute atomic E-state index is 0.0740. The summed E-state index contributed by atoms with van der Waals surface area (Å²) in [5.41, 5.74) is 0.501. The molecule has 3 aromatic carbocycles. The molecule has 1 heterocycles. The molecule has 0 fully saturated rings. The van der Waals surface area contributed by atoms with Gasteiger partial charge in [-0.1, -0.05) is 24.3 Å². The lowest BCUT2D eigenvalue weighted by Gasteiger charge is -2.15. The number of anilines is 1. The predicted molar refractivity (Wildman–Crippen MR) is 142 cm³/mol. The van der Waals surface area contributed by atoms with Crippen molar-refractivity contribution in [1.29, 1.82) is 0 Å². The summed E-state index contributed by atoms with van der Waals surface area (Å²) in [6, 6.07) is 18.6. The van der Waals surface area contributed by atoms with E-state index >= 15 is 0 Å². The van der Waals surface area contributed by atoms with Crippen LogP contribution in [0.3, 0.4) is 0 Å². The highest BCUT2D eigenvalue weighted by molar-refractivity contribution is 6.29. The fourth-order valence-electron chi connectivity index (χ4n) is 3.99. The lowest BCUT2D eigenvalue weighted by Crippen LogP contribution is -2.40. The third-order valence-electron chi connectivity index (χ3n) is 5.76. The largest absolute Gasteiger partial charge is 0.506 e. The number of amides is 1. The van der Waals surface area contributed by atoms with Crippen LogP contribution in [-0.4, -0.2) is 39.7 Å². The van der Waals surface area contributed by atoms with Gasteiger partial charge in [0.05, 0.1) is 25.6 Å². The van der Waals surface area contributed by atoms with Crippen LogP contribution in [0.25, 0.3) is 10.9 Å². The van der Waals surface area contributed by atoms with E-state index in [1.807, 2.05) is 0 Å². The number of para-hydroxylation sites is 1. The molecular formula is C27H26ClN3O6. The van der Waals surface area contributed by atoms with Crippen LogP contribution in [0.5, 0.6) is 17.2 Å². The molecule has 0 saturated carbocycles. The number of ether oxygens (including phenoxy) is 2. The molecule has 0 aliphatic carbocycles. The number of nitrogens with one attached hydrogen (secondary N) is 1. The molecular weight excluding hydrogens is 498 g/mol. The molecule has 1 aromatic heterocycles. The smallest absolute Gasteiger partial charge is 0.331 e. The molecule has 0 spiro atoms. The normalized spacial score (nSPS) is 10.9. The number of alkyl halides is 1. The molecule has 1 amide bonds. The maximum absolute atomic E-state index is 13.4. The summed E-state index contributed by atoms with van der Waals surface area (Å²) in [6.45, 7) is 0.537. The van der Waals surface area contributed by atoms with Crippen molar-refractivity contribution in [3.8, 4) is 17.2 Å². The van der Waals surface area contributed by atoms with Crippen LogP contribution in [0.4, 0.5) is 5.69 Å². The average molecular weight is 524 g/mol. The van der Waals surface area contributed by atoms with Crippen LogP contribution < -0.4 is 26.0 Å². The topological polar surface area (TPSA) is 112 Å². The standard InChI is InChI=1S/C27H26ClN3O6/c1-36-20-11-9-18(10-12-20)17-31-26(34)22-7-3-8-23(32)25(22)30(27(31)35)13-4-14-37-21-6-2-5-19(15-21)29-24(33)16-28/h2-3,5-12,15,32H,4,13-14,16-17H2,1H3,(H,29,33). The average Bonchev–Trinajstić information content (AvgIpc) is 2.91. The number of carbonyl (C=O) groups excluding carboxylic acids is 1. The van der Waals surface area contributed by atoms with Crippen molar-refractivity contribution in [2.75, 3.05) is 24.9 Å². The Hall–Kier alpha value is -4.24. The van der Waals surface area contributed by atoms with Crippen LogP contribution in [-0.2, 0) is 17.9 Å². The Morgan fingerprint density at radius 3 is 2.49 bits per heavy atom. The van der Waals surface area contributed by atoms with Crippen molar-refractivity contribution in [3.63, 3.8) is 0 Å². The number of hydrogen-bond donors (Lipinski definition) is 2. The summed E-state index contributed by atoms with van der Waals surface area (Å²) in [5.74, 6) is 0.587. The second-order valence-corrected chi connectivity index (χ2v) is 8.53. The molecule has 0 unspecified atom stereocenters. The van der Waals surface area contributed by atoms with Gasteiger partial charge in [-0.2, -0.15) is 0 Å². The minimum atomic E-state index is -0.527. The van der Waals surface area contributed by atoms with Gasteiger partial charge in [0.1, 0.15) is 28.6 Å². The zero-order valence-corrected chi connectivity index (χ0v) is 20.9. The molecule has 0 saturated heterocycles. The van der Waals surface area contributed by atoms with Crippen molar-refractivity contribution >= 4 is 34.1 Å². The van der Waals surface area contributed by atoms with E-state index in [9.17, 15) is 19.5 Å². The molecule has 4 rings (SSSR count). The maximum Gasteiger partial charge on any atom is 0.331 e. The van der Waals surface area contributed by atoms with Gasteiger partial charge in [-0.3, -0.25) is 18.7 Å². The summed E-state index contributed by atoms with van der Waals surface area (Å²) in [6.07, 6.45) is 0.419. The van der Waals surface area contributed by atoms with Gasteiger partial charge in [-0.15, -0.1) is 11.6 Å². The molecule has 0 atom stereocenters. The van der Waals surface area contributed by atoms with E-state index in [0.29, 0.717) is 23.6 Å². The molecule has 4 aromatic rings. The third-order valence-corrected chi connectivity index (χ3v) is 6.00. The number of phenols is 1. The van der Waals surface area contributed by atoms with Crippen LogP contribution in [0, 0.1) is 0 Å². The van der Waals surface area contributed by atoms with Gasteiger partial charge in [-0.25, -0.2) is 4.79 Å². The number of benzene rings is 3. The van der Waals surface area contributed by atoms with Gasteiger partial charge in [0, 0.05) is 18.3 Å². The first-order chi connectivity index (χ1) is 17.9. The third kappa shape index (κ3) is 5.95. The first-order valence-electron chi connectivity index (χ1n) is 11.6. The highest BCUT2D eigenvalue weighted by Gasteiger charge is 2.16. The second kappa shape index (κ2) is 11.7. The second-order valence-electron chi connectivity index (χ2n) is 8.26. The van der Waals surface area contributed by atoms with Gasteiger partial charge in [0.15, 0.2) is 0 Å². The molecule has 192 valence electrons. The van der Waals surface area contributed by atoms with Crippen molar-refractivity contribution in [1.82, 2.24) is 9.13 Å². The van der Waals surface area contributed by atoms with E-state index in [2.05, 4.69) is 5.32 Å². The fraction of sp³-hybridized carbons (Fsp3) is 0.222. The maximum atomic E-state index is 13.4. The molecule has 0 aliphatic rings. The van der Waals surface area contributed by atoms with Gasteiger partial charge in [0.25, 0.3) is 5.56 Å². The zero-order valence-electron chi connectivity index (χ0n) is 20.1. The number of carbonyl (C=O) groups is 1. The van der Waals surface area contributed by atoms with Gasteiger partial charge < -0.3 is 19.9 Å². The Morgan fingerprint density at radius 1 is 1.00 bits per heavy atom. The zero-order chi connectivity index (χ0) is 26.4. The van der Waals surface area contributed by atoms with Gasteiger partial charge >= 0.3 is 5.69 Å². The monoisotopic (exact) mass is 523 g/mol. The number of aryl methyl sites for hydroxylation is 1. The van der Waals surface area contributed by atoms with Crippen molar-refractivity contribution < 1.29 is 19.4 Å². The number of methoxy groups -OCH3 is 1. The Balaban J connectivity index is 1.56. The van der Waals surface area contributed by atoms with E-state index in [-0.39, 0.29) is 48.1 Å². The van der Waals surface area contributed by atoms with Crippen molar-refractivity contribution in [2.45, 2.75) is 19.5 Å². The first kappa shape index (κ1) is 25.8. The Labute approximate surface area is 217 Å². The summed E-state index contributed by atoms with van der Waals surface area (Å²) in [5, 5.41) is 13.4. The number of aromatic nitrogens is 2. The highest BCUT2D eigenvalue weighted by Crippen LogP contribution is 2.22. The Kier molecular flexibility index (Phi) is 8.15. The van der Waals surface area contributed by atoms with Crippen LogP contribution >= 0.6 is 11.6 Å². The van der Waals surface area contributed by atoms with Gasteiger partial charge in [-0.05, 0) is 48.4 Å². The SMILES string of the molecule is COc1ccc(Cn2c(=O)c3cccc(O)c3n(CCCOc3cccc(NC(=O)CCl)c3)c2=O)cc1. The quantitative estimate of drug-likeness (QED) is 0.243. The number of aromatic hydroxyl groups is 1. The molecule has 2 N–H and O–H groups in total. The Morgan fingerprint density at radius 2 is 1.76 bits per heavy atom. The number of halogens is 1. The number of hydrogen-bond acceptors (Lipinski definition) is 6. The summed E-state index contributed by atoms with van der Waals surface area (Å²) in [4.78, 5) is 38.1. The number of nitrogens with zero attached hydrogens (tertiary/aromatic N) is 2. The molecule has 10 heteroatoms. The lowest BCUT2D eigenvalue weighted by molar-refractivity contribution is -0.113. The number of rotatable bonds is 10. The summed E-state index contributed by atoms with van der Waals surface area (Å²) in [7, 11) is 1.56. The van der Waals surface area contributed by atoms with E-state index in [4.69, 9.17) is 21.1 Å². The van der Waals surface area contributed by atoms with E-state index in [0.717, 1.165) is 10.1 Å². The van der Waals surface area contributed by atoms with Crippen LogP contribution in [0.2, 0.25) is 0 Å². The first-order valence-corrected chi connectivity index (χ1v) is 12.1. The van der Waals surface area contributed by atoms with E-state index < -0.39 is 11.2 Å². The van der Waals surface area contributed by atoms with E-state index in [1.54, 1.807) is 67.8 Å². The highest BCUT2D eigenvalue weighted by atomic mass is 35.5. The molecule has 37 heavy (non-hydrogen) atoms. The number of fused-ring (bicyclic) bond motifs is 1. The van der Waals surface area contributed by atoms with Crippen LogP contribution in [0.1, 0.15) is 12.0 Å². The van der Waals surface area contributed by atoms with E-state index in [1.165, 1.54) is 10.6 Å². The molecule has 0 aliphatic heterocycles. The molecule has 9 nitrogen and oxygen atoms in total. The van der Waals surface area contributed by atoms with Crippen molar-refractivity contribution in [3.05, 3.63) is 93.1 Å². The minimum Gasteiger partial charge on any atom is -0.506 e. The Bertz CT molecular complexity index is 1530. The fourth-order valence-corrected chi connectivity index (χ4v) is 4.06. The van der Waals surface area contributed by atoms with Crippen molar-refractivity contribution in [2.24, 2.45) is 0 Å². The summed E-state index contributed by atoms with van der Waals surface area (Å²) >= 11 is 5.53. The van der Waals surface area contributed by atoms with Crippen LogP contribution in [0.15, 0.2) is 76.3 Å². The number of phenolic OH excluding ortho intramolecular Hbond substituents is 1. The van der Waals surface area contributed by atoms with Gasteiger partial charge in [0.2, 0.25) is 5.91 Å². The molecule has 0 bridgehead atoms. The summed E-state index contributed by atoms with van der Waals surface area (Å²) < 4.78 is 13.5. The predicted octanol–water partition coefficient (Wildman–Crippen LogP) is 3.57. The molecule has 0 radical (unpaired) electrons. The lowest BCUT2D eigenvalue weighted by atomic mass is 10.2.